The number of H-pyrrole nitrogens is 1. The molecule has 1 aliphatic rings. The number of hydrogen-bond acceptors (Lipinski definition) is 4. The summed E-state index contributed by atoms with van der Waals surface area (Å²) in [7, 11) is 0. The molecule has 1 aliphatic carbocycles. The summed E-state index contributed by atoms with van der Waals surface area (Å²) >= 11 is 0. The molecule has 188 valence electrons. The quantitative estimate of drug-likeness (QED) is 0.275. The van der Waals surface area contributed by atoms with Crippen LogP contribution in [0.3, 0.4) is 0 Å². The van der Waals surface area contributed by atoms with Crippen molar-refractivity contribution in [3.8, 4) is 5.75 Å². The molecular formula is C27H26F3N3O3. The number of benzene rings is 2. The lowest BCUT2D eigenvalue weighted by Gasteiger charge is -2.13. The Morgan fingerprint density at radius 1 is 1.28 bits per heavy atom. The third kappa shape index (κ3) is 4.82. The molecule has 6 nitrogen and oxygen atoms in total. The molecule has 2 aromatic heterocycles. The summed E-state index contributed by atoms with van der Waals surface area (Å²) in [6.45, 7) is 2.38. The number of halogens is 3. The first-order valence-electron chi connectivity index (χ1n) is 12.0. The van der Waals surface area contributed by atoms with E-state index in [-0.39, 0.29) is 41.2 Å². The van der Waals surface area contributed by atoms with Crippen molar-refractivity contribution >= 4 is 27.7 Å². The van der Waals surface area contributed by atoms with Crippen molar-refractivity contribution in [2.75, 3.05) is 6.61 Å². The average molecular weight is 498 g/mol. The molecule has 9 heteroatoms. The Morgan fingerprint density at radius 2 is 2.06 bits per heavy atom. The van der Waals surface area contributed by atoms with Gasteiger partial charge in [0.25, 0.3) is 0 Å². The van der Waals surface area contributed by atoms with Crippen molar-refractivity contribution in [3.05, 3.63) is 75.8 Å². The third-order valence-corrected chi connectivity index (χ3v) is 6.32. The standard InChI is InChI=1S/C27H26F3N3O3/c1-2-3-8-23(34)18-13-33(22-7-5-4-6-17(22)26(18)35)14-25-31-20-11-19(27(28,29)30)24(12-21(20)32-25)36-15-16-9-10-16/h4-8,11-13,16,34H,2-3,9-10,14-15H2,1H3,(H,31,32)/b23-8+. The molecule has 0 aliphatic heterocycles. The van der Waals surface area contributed by atoms with Crippen LogP contribution in [0.25, 0.3) is 27.7 Å². The van der Waals surface area contributed by atoms with Gasteiger partial charge in [-0.1, -0.05) is 25.5 Å². The summed E-state index contributed by atoms with van der Waals surface area (Å²) in [5, 5.41) is 11.0. The number of pyridine rings is 1. The Hall–Kier alpha value is -3.75. The van der Waals surface area contributed by atoms with E-state index in [1.165, 1.54) is 6.07 Å². The molecule has 1 fully saturated rings. The average Bonchev–Trinajstić information content (AvgIpc) is 3.60. The van der Waals surface area contributed by atoms with Crippen LogP contribution in [0.1, 0.15) is 49.6 Å². The topological polar surface area (TPSA) is 80.1 Å². The van der Waals surface area contributed by atoms with Gasteiger partial charge in [-0.3, -0.25) is 4.79 Å². The zero-order chi connectivity index (χ0) is 25.4. The van der Waals surface area contributed by atoms with Crippen LogP contribution in [-0.4, -0.2) is 26.2 Å². The van der Waals surface area contributed by atoms with Crippen molar-refractivity contribution in [1.29, 1.82) is 0 Å². The van der Waals surface area contributed by atoms with Gasteiger partial charge < -0.3 is 19.4 Å². The van der Waals surface area contributed by atoms with Gasteiger partial charge in [0.15, 0.2) is 5.43 Å². The first-order valence-corrected chi connectivity index (χ1v) is 12.0. The van der Waals surface area contributed by atoms with E-state index >= 15 is 0 Å². The van der Waals surface area contributed by atoms with Crippen LogP contribution in [0.4, 0.5) is 13.2 Å². The minimum Gasteiger partial charge on any atom is -0.507 e. The van der Waals surface area contributed by atoms with Crippen LogP contribution in [0.15, 0.2) is 53.5 Å². The molecule has 0 unspecified atom stereocenters. The molecule has 2 N–H and O–H groups in total. The number of hydrogen-bond donors (Lipinski definition) is 2. The maximum absolute atomic E-state index is 13.7. The fourth-order valence-corrected chi connectivity index (χ4v) is 4.21. The van der Waals surface area contributed by atoms with Crippen molar-refractivity contribution in [1.82, 2.24) is 14.5 Å². The summed E-state index contributed by atoms with van der Waals surface area (Å²) in [5.74, 6) is 0.400. The number of aliphatic hydroxyl groups is 1. The maximum atomic E-state index is 13.7. The first kappa shape index (κ1) is 24.0. The van der Waals surface area contributed by atoms with Crippen molar-refractivity contribution in [2.45, 2.75) is 45.3 Å². The van der Waals surface area contributed by atoms with Gasteiger partial charge in [0.1, 0.15) is 17.3 Å². The second kappa shape index (κ2) is 9.37. The SMILES string of the molecule is CCC/C=C(/O)c1cn(Cc2nc3cc(OCC4CC4)c(C(F)(F)F)cc3[nH]2)c2ccccc2c1=O. The van der Waals surface area contributed by atoms with Crippen LogP contribution >= 0.6 is 0 Å². The molecule has 2 heterocycles. The number of ether oxygens (including phenoxy) is 1. The van der Waals surface area contributed by atoms with Gasteiger partial charge in [-0.25, -0.2) is 4.98 Å². The Bertz CT molecular complexity index is 1510. The van der Waals surface area contributed by atoms with E-state index in [1.54, 1.807) is 41.1 Å². The third-order valence-electron chi connectivity index (χ3n) is 6.32. The number of nitrogens with one attached hydrogen (secondary N) is 1. The Labute approximate surface area is 205 Å². The van der Waals surface area contributed by atoms with E-state index < -0.39 is 11.7 Å². The number of imidazole rings is 1. The second-order valence-electron chi connectivity index (χ2n) is 9.20. The van der Waals surface area contributed by atoms with Crippen LogP contribution < -0.4 is 10.2 Å². The molecule has 2 aromatic carbocycles. The molecule has 5 rings (SSSR count). The molecule has 4 aromatic rings. The number of para-hydroxylation sites is 1. The number of aromatic amines is 1. The lowest BCUT2D eigenvalue weighted by molar-refractivity contribution is -0.138. The molecule has 1 saturated carbocycles. The highest BCUT2D eigenvalue weighted by atomic mass is 19.4. The van der Waals surface area contributed by atoms with E-state index in [2.05, 4.69) is 9.97 Å². The summed E-state index contributed by atoms with van der Waals surface area (Å²) < 4.78 is 48.4. The van der Waals surface area contributed by atoms with Crippen LogP contribution in [0.2, 0.25) is 0 Å². The van der Waals surface area contributed by atoms with Gasteiger partial charge in [0.2, 0.25) is 0 Å². The predicted molar refractivity (Wildman–Crippen MR) is 132 cm³/mol. The molecule has 36 heavy (non-hydrogen) atoms. The zero-order valence-electron chi connectivity index (χ0n) is 19.7. The van der Waals surface area contributed by atoms with E-state index in [0.29, 0.717) is 34.6 Å². The van der Waals surface area contributed by atoms with E-state index in [0.717, 1.165) is 25.3 Å². The van der Waals surface area contributed by atoms with Crippen LogP contribution in [-0.2, 0) is 12.7 Å². The number of unbranched alkanes of at least 4 members (excludes halogenated alkanes) is 1. The second-order valence-corrected chi connectivity index (χ2v) is 9.20. The number of nitrogens with zero attached hydrogens (tertiary/aromatic N) is 2. The molecule has 0 bridgehead atoms. The minimum atomic E-state index is -4.56. The number of alkyl halides is 3. The van der Waals surface area contributed by atoms with Gasteiger partial charge >= 0.3 is 6.18 Å². The van der Waals surface area contributed by atoms with E-state index in [9.17, 15) is 23.1 Å². The zero-order valence-corrected chi connectivity index (χ0v) is 19.7. The summed E-state index contributed by atoms with van der Waals surface area (Å²) in [6, 6.07) is 9.36. The Morgan fingerprint density at radius 3 is 2.78 bits per heavy atom. The van der Waals surface area contributed by atoms with Gasteiger partial charge in [-0.2, -0.15) is 13.2 Å². The number of allylic oxidation sites excluding steroid dienone is 1. The van der Waals surface area contributed by atoms with E-state index in [4.69, 9.17) is 4.74 Å². The predicted octanol–water partition coefficient (Wildman–Crippen LogP) is 6.43. The first-order chi connectivity index (χ1) is 17.2. The summed E-state index contributed by atoms with van der Waals surface area (Å²) in [4.78, 5) is 20.5. The lowest BCUT2D eigenvalue weighted by Crippen LogP contribution is -2.15. The van der Waals surface area contributed by atoms with Crippen LogP contribution in [0, 0.1) is 5.92 Å². The summed E-state index contributed by atoms with van der Waals surface area (Å²) in [6.07, 6.45) is 1.98. The Kier molecular flexibility index (Phi) is 6.24. The van der Waals surface area contributed by atoms with E-state index in [1.807, 2.05) is 6.92 Å². The number of aromatic nitrogens is 3. The smallest absolute Gasteiger partial charge is 0.420 e. The van der Waals surface area contributed by atoms with Gasteiger partial charge in [0, 0.05) is 17.6 Å². The molecule has 0 saturated heterocycles. The molecule has 0 spiro atoms. The lowest BCUT2D eigenvalue weighted by atomic mass is 10.1. The van der Waals surface area contributed by atoms with Gasteiger partial charge in [0.05, 0.1) is 40.8 Å². The summed E-state index contributed by atoms with van der Waals surface area (Å²) in [5.41, 5.74) is 0.261. The van der Waals surface area contributed by atoms with Crippen LogP contribution in [0.5, 0.6) is 5.75 Å². The number of aliphatic hydroxyl groups excluding tert-OH is 1. The highest BCUT2D eigenvalue weighted by Gasteiger charge is 2.36. The highest BCUT2D eigenvalue weighted by molar-refractivity contribution is 5.82. The van der Waals surface area contributed by atoms with Crippen molar-refractivity contribution in [3.63, 3.8) is 0 Å². The normalized spacial score (nSPS) is 14.6. The van der Waals surface area contributed by atoms with Gasteiger partial charge in [-0.15, -0.1) is 0 Å². The minimum absolute atomic E-state index is 0.0989. The number of rotatable bonds is 8. The molecule has 0 atom stereocenters. The fraction of sp³-hybridized carbons (Fsp3) is 0.333. The van der Waals surface area contributed by atoms with Crippen molar-refractivity contribution < 1.29 is 23.0 Å². The molecular weight excluding hydrogens is 471 g/mol. The number of fused-ring (bicyclic) bond motifs is 2. The molecule has 0 amide bonds. The Balaban J connectivity index is 1.56. The van der Waals surface area contributed by atoms with Gasteiger partial charge in [-0.05, 0) is 49.5 Å². The monoisotopic (exact) mass is 497 g/mol. The maximum Gasteiger partial charge on any atom is 0.420 e. The molecule has 0 radical (unpaired) electrons. The van der Waals surface area contributed by atoms with Crippen molar-refractivity contribution in [2.24, 2.45) is 5.92 Å². The fourth-order valence-electron chi connectivity index (χ4n) is 4.21. The largest absolute Gasteiger partial charge is 0.507 e. The highest BCUT2D eigenvalue weighted by Crippen LogP contribution is 2.39.